The summed E-state index contributed by atoms with van der Waals surface area (Å²) in [6.07, 6.45) is 6.84. The molecule has 3 aromatic rings. The van der Waals surface area contributed by atoms with Gasteiger partial charge in [-0.2, -0.15) is 4.98 Å². The first-order valence-electron chi connectivity index (χ1n) is 10.0. The standard InChI is InChI=1S/C22H21BClN4OS/c1-2-3-4-5-16-12-15(9-11-25-16)19-14-30-22(26-19)28-20-7-6-18(24)21(27-20)29-17-8-10-23-13-17/h6-7,9,11-12,14,17H,2-3,8,10,13H2,1H3,(H,26,27,28). The van der Waals surface area contributed by atoms with E-state index in [1.165, 1.54) is 11.3 Å². The van der Waals surface area contributed by atoms with Gasteiger partial charge in [0.2, 0.25) is 5.88 Å². The van der Waals surface area contributed by atoms with Gasteiger partial charge in [0.05, 0.1) is 11.8 Å². The fraction of sp³-hybridized carbons (Fsp3) is 0.318. The Hall–Kier alpha value is -2.56. The zero-order valence-electron chi connectivity index (χ0n) is 16.7. The number of thiazole rings is 1. The molecule has 0 bridgehead atoms. The lowest BCUT2D eigenvalue weighted by Gasteiger charge is -2.14. The van der Waals surface area contributed by atoms with E-state index in [9.17, 15) is 0 Å². The molecule has 1 saturated heterocycles. The van der Waals surface area contributed by atoms with E-state index in [0.29, 0.717) is 16.7 Å². The first-order valence-corrected chi connectivity index (χ1v) is 11.3. The van der Waals surface area contributed by atoms with Gasteiger partial charge in [0.25, 0.3) is 0 Å². The van der Waals surface area contributed by atoms with Crippen molar-refractivity contribution < 1.29 is 4.74 Å². The van der Waals surface area contributed by atoms with Crippen molar-refractivity contribution in [3.05, 3.63) is 46.6 Å². The van der Waals surface area contributed by atoms with Crippen LogP contribution in [-0.2, 0) is 0 Å². The van der Waals surface area contributed by atoms with E-state index < -0.39 is 0 Å². The SMILES string of the molecule is CCCC#Cc1cc(-c2csc(Nc3ccc(Cl)c(OC4C[B]CC4)n3)n2)ccn1. The number of halogens is 1. The number of ether oxygens (including phenoxy) is 1. The Labute approximate surface area is 186 Å². The number of aromatic nitrogens is 3. The van der Waals surface area contributed by atoms with Crippen LogP contribution in [0, 0.1) is 11.8 Å². The number of hydrogen-bond acceptors (Lipinski definition) is 6. The molecule has 1 aliphatic heterocycles. The average molecular weight is 436 g/mol. The van der Waals surface area contributed by atoms with E-state index in [4.69, 9.17) is 16.3 Å². The van der Waals surface area contributed by atoms with Crippen LogP contribution in [0.5, 0.6) is 5.88 Å². The molecular weight excluding hydrogens is 415 g/mol. The van der Waals surface area contributed by atoms with Gasteiger partial charge in [-0.25, -0.2) is 9.97 Å². The van der Waals surface area contributed by atoms with Crippen LogP contribution >= 0.6 is 22.9 Å². The number of hydrogen-bond donors (Lipinski definition) is 1. The normalized spacial score (nSPS) is 15.2. The summed E-state index contributed by atoms with van der Waals surface area (Å²) < 4.78 is 5.96. The number of pyridine rings is 2. The second-order valence-corrected chi connectivity index (χ2v) is 8.23. The Morgan fingerprint density at radius 1 is 1.33 bits per heavy atom. The molecule has 5 nitrogen and oxygen atoms in total. The quantitative estimate of drug-likeness (QED) is 0.389. The molecule has 151 valence electrons. The monoisotopic (exact) mass is 435 g/mol. The van der Waals surface area contributed by atoms with Crippen LogP contribution in [0.4, 0.5) is 10.9 Å². The maximum absolute atomic E-state index is 6.27. The van der Waals surface area contributed by atoms with Gasteiger partial charge >= 0.3 is 0 Å². The highest BCUT2D eigenvalue weighted by Gasteiger charge is 2.19. The van der Waals surface area contributed by atoms with E-state index in [1.807, 2.05) is 23.6 Å². The minimum absolute atomic E-state index is 0.151. The van der Waals surface area contributed by atoms with E-state index in [-0.39, 0.29) is 6.10 Å². The Bertz CT molecular complexity index is 1070. The topological polar surface area (TPSA) is 59.9 Å². The zero-order valence-corrected chi connectivity index (χ0v) is 18.3. The minimum Gasteiger partial charge on any atom is -0.474 e. The second kappa shape index (κ2) is 9.97. The predicted molar refractivity (Wildman–Crippen MR) is 124 cm³/mol. The lowest BCUT2D eigenvalue weighted by Crippen LogP contribution is -2.12. The lowest BCUT2D eigenvalue weighted by atomic mass is 9.77. The molecule has 4 rings (SSSR count). The predicted octanol–water partition coefficient (Wildman–Crippen LogP) is 5.84. The van der Waals surface area contributed by atoms with Gasteiger partial charge in [0.15, 0.2) is 5.13 Å². The van der Waals surface area contributed by atoms with Gasteiger partial charge in [-0.3, -0.25) is 0 Å². The van der Waals surface area contributed by atoms with Gasteiger partial charge in [0.1, 0.15) is 23.8 Å². The van der Waals surface area contributed by atoms with Crippen molar-refractivity contribution in [2.75, 3.05) is 5.32 Å². The van der Waals surface area contributed by atoms with Crippen LogP contribution in [0.25, 0.3) is 11.3 Å². The van der Waals surface area contributed by atoms with Crippen molar-refractivity contribution in [2.24, 2.45) is 0 Å². The highest BCUT2D eigenvalue weighted by Crippen LogP contribution is 2.31. The molecule has 0 aromatic carbocycles. The highest BCUT2D eigenvalue weighted by molar-refractivity contribution is 7.14. The molecule has 0 saturated carbocycles. The summed E-state index contributed by atoms with van der Waals surface area (Å²) in [4.78, 5) is 13.5. The molecule has 0 spiro atoms. The van der Waals surface area contributed by atoms with Crippen LogP contribution in [0.2, 0.25) is 17.7 Å². The number of anilines is 2. The number of rotatable bonds is 6. The van der Waals surface area contributed by atoms with Crippen LogP contribution in [-0.4, -0.2) is 28.3 Å². The molecule has 0 aliphatic carbocycles. The van der Waals surface area contributed by atoms with Gasteiger partial charge in [-0.15, -0.1) is 11.3 Å². The third kappa shape index (κ3) is 5.32. The molecule has 8 heteroatoms. The molecule has 0 amide bonds. The molecule has 3 aromatic heterocycles. The highest BCUT2D eigenvalue weighted by atomic mass is 35.5. The molecule has 30 heavy (non-hydrogen) atoms. The Balaban J connectivity index is 1.47. The molecular formula is C22H21BClN4OS. The third-order valence-corrected chi connectivity index (χ3v) is 5.65. The van der Waals surface area contributed by atoms with Gasteiger partial charge < -0.3 is 10.1 Å². The number of unbranched alkanes of at least 4 members (excludes halogenated alkanes) is 1. The summed E-state index contributed by atoms with van der Waals surface area (Å²) >= 11 is 7.78. The average Bonchev–Trinajstić information content (AvgIpc) is 3.43. The third-order valence-electron chi connectivity index (χ3n) is 4.60. The second-order valence-electron chi connectivity index (χ2n) is 6.97. The van der Waals surface area contributed by atoms with Crippen LogP contribution in [0.15, 0.2) is 35.8 Å². The largest absolute Gasteiger partial charge is 0.474 e. The van der Waals surface area contributed by atoms with Gasteiger partial charge in [-0.1, -0.05) is 30.8 Å². The van der Waals surface area contributed by atoms with E-state index in [1.54, 1.807) is 12.3 Å². The van der Waals surface area contributed by atoms with Crippen LogP contribution in [0.1, 0.15) is 31.9 Å². The summed E-state index contributed by atoms with van der Waals surface area (Å²) in [5, 5.41) is 6.51. The summed E-state index contributed by atoms with van der Waals surface area (Å²) in [6, 6.07) is 7.52. The minimum atomic E-state index is 0.151. The molecule has 1 N–H and O–H groups in total. The van der Waals surface area contributed by atoms with Gasteiger partial charge in [-0.05, 0) is 49.3 Å². The molecule has 1 aliphatic rings. The van der Waals surface area contributed by atoms with Crippen molar-refractivity contribution in [2.45, 2.75) is 44.9 Å². The first-order chi connectivity index (χ1) is 14.7. The molecule has 1 unspecified atom stereocenters. The van der Waals surface area contributed by atoms with Gasteiger partial charge in [0, 0.05) is 23.6 Å². The van der Waals surface area contributed by atoms with Crippen molar-refractivity contribution >= 4 is 41.2 Å². The summed E-state index contributed by atoms with van der Waals surface area (Å²) in [7, 11) is 2.23. The maximum Gasteiger partial charge on any atom is 0.234 e. The Kier molecular flexibility index (Phi) is 6.88. The Morgan fingerprint density at radius 2 is 2.27 bits per heavy atom. The summed E-state index contributed by atoms with van der Waals surface area (Å²) in [5.41, 5.74) is 2.62. The molecule has 4 heterocycles. The van der Waals surface area contributed by atoms with Crippen molar-refractivity contribution in [1.29, 1.82) is 0 Å². The smallest absolute Gasteiger partial charge is 0.234 e. The fourth-order valence-corrected chi connectivity index (χ4v) is 3.95. The van der Waals surface area contributed by atoms with Crippen molar-refractivity contribution in [3.63, 3.8) is 0 Å². The number of nitrogens with one attached hydrogen (secondary N) is 1. The van der Waals surface area contributed by atoms with E-state index in [0.717, 1.165) is 54.0 Å². The lowest BCUT2D eigenvalue weighted by molar-refractivity contribution is 0.217. The van der Waals surface area contributed by atoms with E-state index in [2.05, 4.69) is 46.3 Å². The Morgan fingerprint density at radius 3 is 3.10 bits per heavy atom. The fourth-order valence-electron chi connectivity index (χ4n) is 3.08. The van der Waals surface area contributed by atoms with Crippen molar-refractivity contribution in [3.8, 4) is 29.0 Å². The summed E-state index contributed by atoms with van der Waals surface area (Å²) in [6.45, 7) is 2.11. The number of nitrogens with zero attached hydrogens (tertiary/aromatic N) is 3. The molecule has 1 atom stereocenters. The van der Waals surface area contributed by atoms with Crippen LogP contribution < -0.4 is 10.1 Å². The maximum atomic E-state index is 6.27. The molecule has 1 fully saturated rings. The first kappa shape index (κ1) is 20.7. The van der Waals surface area contributed by atoms with E-state index >= 15 is 0 Å². The van der Waals surface area contributed by atoms with Crippen molar-refractivity contribution in [1.82, 2.24) is 15.0 Å². The summed E-state index contributed by atoms with van der Waals surface area (Å²) in [5.74, 6) is 7.34. The zero-order chi connectivity index (χ0) is 20.8. The molecule has 1 radical (unpaired) electrons. The van der Waals surface area contributed by atoms with Crippen LogP contribution in [0.3, 0.4) is 0 Å².